The zero-order valence-corrected chi connectivity index (χ0v) is 12.4. The summed E-state index contributed by atoms with van der Waals surface area (Å²) >= 11 is 0. The fourth-order valence-corrected chi connectivity index (χ4v) is 2.70. The maximum atomic E-state index is 2.45. The molecule has 102 valence electrons. The second-order valence-electron chi connectivity index (χ2n) is 6.60. The van der Waals surface area contributed by atoms with Crippen LogP contribution in [-0.2, 0) is 0 Å². The predicted molar refractivity (Wildman–Crippen MR) is 88.3 cm³/mol. The first-order chi connectivity index (χ1) is 9.54. The fourth-order valence-electron chi connectivity index (χ4n) is 2.70. The van der Waals surface area contributed by atoms with Crippen LogP contribution in [-0.4, -0.2) is 6.54 Å². The van der Waals surface area contributed by atoms with E-state index < -0.39 is 0 Å². The number of para-hydroxylation sites is 2. The van der Waals surface area contributed by atoms with Crippen molar-refractivity contribution in [1.82, 2.24) is 0 Å². The van der Waals surface area contributed by atoms with Gasteiger partial charge >= 0.3 is 0 Å². The number of fused-ring (bicyclic) bond motifs is 2. The topological polar surface area (TPSA) is 3.24 Å². The summed E-state index contributed by atoms with van der Waals surface area (Å²) in [5, 5.41) is 0. The van der Waals surface area contributed by atoms with Crippen molar-refractivity contribution in [1.29, 1.82) is 0 Å². The quantitative estimate of drug-likeness (QED) is 0.670. The second-order valence-corrected chi connectivity index (χ2v) is 6.60. The van der Waals surface area contributed by atoms with Crippen LogP contribution >= 0.6 is 0 Å². The molecule has 2 aromatic rings. The molecule has 0 N–H and O–H groups in total. The molecule has 1 aliphatic heterocycles. The molecule has 0 bridgehead atoms. The molecule has 0 fully saturated rings. The molecule has 0 saturated carbocycles. The van der Waals surface area contributed by atoms with Crippen LogP contribution in [0.4, 0.5) is 11.4 Å². The molecule has 1 aliphatic rings. The fraction of sp³-hybridized carbons (Fsp3) is 0.263. The van der Waals surface area contributed by atoms with Crippen LogP contribution in [0.15, 0.2) is 48.5 Å². The number of nitrogens with zero attached hydrogens (tertiary/aromatic N) is 1. The molecule has 0 saturated heterocycles. The molecule has 0 unspecified atom stereocenters. The van der Waals surface area contributed by atoms with E-state index in [9.17, 15) is 0 Å². The Morgan fingerprint density at radius 2 is 1.20 bits per heavy atom. The third kappa shape index (κ3) is 2.49. The van der Waals surface area contributed by atoms with Gasteiger partial charge in [-0.3, -0.25) is 0 Å². The van der Waals surface area contributed by atoms with Crippen LogP contribution in [0.1, 0.15) is 31.9 Å². The highest BCUT2D eigenvalue weighted by atomic mass is 15.1. The molecule has 1 heteroatoms. The Bertz CT molecular complexity index is 597. The number of hydrogen-bond acceptors (Lipinski definition) is 1. The third-order valence-electron chi connectivity index (χ3n) is 3.53. The van der Waals surface area contributed by atoms with Gasteiger partial charge in [-0.2, -0.15) is 0 Å². The highest BCUT2D eigenvalue weighted by molar-refractivity contribution is 5.88. The average molecular weight is 263 g/mol. The zero-order chi connectivity index (χ0) is 14.2. The third-order valence-corrected chi connectivity index (χ3v) is 3.53. The van der Waals surface area contributed by atoms with Crippen LogP contribution in [0.25, 0.3) is 12.2 Å². The molecular formula is C19H21N. The Balaban J connectivity index is 2.18. The molecule has 2 aromatic carbocycles. The predicted octanol–water partition coefficient (Wildman–Crippen LogP) is 5.35. The molecule has 0 spiro atoms. The molecule has 0 aromatic heterocycles. The van der Waals surface area contributed by atoms with E-state index in [1.54, 1.807) is 0 Å². The average Bonchev–Trinajstić information content (AvgIpc) is 2.56. The normalized spacial score (nSPS) is 13.7. The van der Waals surface area contributed by atoms with Gasteiger partial charge in [0.1, 0.15) is 0 Å². The second kappa shape index (κ2) is 4.82. The summed E-state index contributed by atoms with van der Waals surface area (Å²) in [5.41, 5.74) is 5.40. The van der Waals surface area contributed by atoms with Crippen molar-refractivity contribution in [3.05, 3.63) is 59.7 Å². The minimum absolute atomic E-state index is 0.241. The van der Waals surface area contributed by atoms with Crippen LogP contribution in [0, 0.1) is 5.41 Å². The van der Waals surface area contributed by atoms with Gasteiger partial charge in [0.2, 0.25) is 0 Å². The van der Waals surface area contributed by atoms with Crippen molar-refractivity contribution in [2.24, 2.45) is 5.41 Å². The standard InChI is InChI=1S/C19H21N/c1-19(2,3)14-20-17-10-6-4-8-15(17)12-13-16-9-5-7-11-18(16)20/h4-13H,14H2,1-3H3. The monoisotopic (exact) mass is 263 g/mol. The van der Waals surface area contributed by atoms with E-state index in [1.807, 2.05) is 0 Å². The summed E-state index contributed by atoms with van der Waals surface area (Å²) in [6, 6.07) is 17.3. The van der Waals surface area contributed by atoms with Crippen LogP contribution in [0.2, 0.25) is 0 Å². The van der Waals surface area contributed by atoms with Gasteiger partial charge in [0.25, 0.3) is 0 Å². The number of anilines is 2. The molecule has 0 atom stereocenters. The summed E-state index contributed by atoms with van der Waals surface area (Å²) in [6.07, 6.45) is 4.44. The highest BCUT2D eigenvalue weighted by Gasteiger charge is 2.22. The van der Waals surface area contributed by atoms with E-state index in [4.69, 9.17) is 0 Å². The number of rotatable bonds is 1. The van der Waals surface area contributed by atoms with Gasteiger partial charge in [0, 0.05) is 17.9 Å². The van der Waals surface area contributed by atoms with E-state index in [2.05, 4.69) is 86.4 Å². The van der Waals surface area contributed by atoms with Gasteiger partial charge in [-0.1, -0.05) is 69.3 Å². The molecule has 1 nitrogen and oxygen atoms in total. The maximum absolute atomic E-state index is 2.45. The first-order valence-electron chi connectivity index (χ1n) is 7.18. The molecule has 0 radical (unpaired) electrons. The van der Waals surface area contributed by atoms with Crippen LogP contribution in [0.5, 0.6) is 0 Å². The van der Waals surface area contributed by atoms with Crippen molar-refractivity contribution < 1.29 is 0 Å². The van der Waals surface area contributed by atoms with Gasteiger partial charge in [0.05, 0.1) is 0 Å². The van der Waals surface area contributed by atoms with Gasteiger partial charge in [-0.25, -0.2) is 0 Å². The Morgan fingerprint density at radius 3 is 1.65 bits per heavy atom. The van der Waals surface area contributed by atoms with Crippen molar-refractivity contribution in [2.75, 3.05) is 11.4 Å². The van der Waals surface area contributed by atoms with E-state index >= 15 is 0 Å². The molecule has 0 aliphatic carbocycles. The Morgan fingerprint density at radius 1 is 0.750 bits per heavy atom. The van der Waals surface area contributed by atoms with Gasteiger partial charge in [-0.05, 0) is 28.7 Å². The van der Waals surface area contributed by atoms with E-state index in [-0.39, 0.29) is 5.41 Å². The first-order valence-corrected chi connectivity index (χ1v) is 7.18. The molecule has 20 heavy (non-hydrogen) atoms. The van der Waals surface area contributed by atoms with E-state index in [1.165, 1.54) is 22.5 Å². The largest absolute Gasteiger partial charge is 0.340 e. The van der Waals surface area contributed by atoms with Crippen molar-refractivity contribution >= 4 is 23.5 Å². The lowest BCUT2D eigenvalue weighted by Crippen LogP contribution is -2.29. The van der Waals surface area contributed by atoms with E-state index in [0.29, 0.717) is 0 Å². The Labute approximate surface area is 121 Å². The first kappa shape index (κ1) is 13.0. The molecular weight excluding hydrogens is 242 g/mol. The zero-order valence-electron chi connectivity index (χ0n) is 12.4. The molecule has 1 heterocycles. The number of hydrogen-bond donors (Lipinski definition) is 0. The maximum Gasteiger partial charge on any atom is 0.0484 e. The summed E-state index contributed by atoms with van der Waals surface area (Å²) in [6.45, 7) is 7.87. The Kier molecular flexibility index (Phi) is 3.13. The van der Waals surface area contributed by atoms with Crippen molar-refractivity contribution in [2.45, 2.75) is 20.8 Å². The van der Waals surface area contributed by atoms with Gasteiger partial charge < -0.3 is 4.90 Å². The minimum atomic E-state index is 0.241. The lowest BCUT2D eigenvalue weighted by atomic mass is 9.95. The summed E-state index contributed by atoms with van der Waals surface area (Å²) in [7, 11) is 0. The Hall–Kier alpha value is -2.02. The van der Waals surface area contributed by atoms with E-state index in [0.717, 1.165) is 6.54 Å². The molecule has 0 amide bonds. The summed E-state index contributed by atoms with van der Waals surface area (Å²) in [4.78, 5) is 2.45. The van der Waals surface area contributed by atoms with Crippen LogP contribution < -0.4 is 4.90 Å². The van der Waals surface area contributed by atoms with Crippen molar-refractivity contribution in [3.8, 4) is 0 Å². The summed E-state index contributed by atoms with van der Waals surface area (Å²) in [5.74, 6) is 0. The van der Waals surface area contributed by atoms with Gasteiger partial charge in [-0.15, -0.1) is 0 Å². The highest BCUT2D eigenvalue weighted by Crippen LogP contribution is 2.37. The van der Waals surface area contributed by atoms with Crippen LogP contribution in [0.3, 0.4) is 0 Å². The smallest absolute Gasteiger partial charge is 0.0484 e. The number of benzene rings is 2. The molecule has 3 rings (SSSR count). The van der Waals surface area contributed by atoms with Crippen molar-refractivity contribution in [3.63, 3.8) is 0 Å². The lowest BCUT2D eigenvalue weighted by Gasteiger charge is -2.33. The van der Waals surface area contributed by atoms with Gasteiger partial charge in [0.15, 0.2) is 0 Å². The summed E-state index contributed by atoms with van der Waals surface area (Å²) < 4.78 is 0. The lowest BCUT2D eigenvalue weighted by molar-refractivity contribution is 0.424. The SMILES string of the molecule is CC(C)(C)CN1c2ccccc2C=Cc2ccccc21. The minimum Gasteiger partial charge on any atom is -0.340 e.